The average molecular weight is 201 g/mol. The number of aliphatic hydroxyl groups is 1. The molecule has 1 aliphatic heterocycles. The molecular formula is C9H19N3O2. The van der Waals surface area contributed by atoms with Crippen molar-refractivity contribution in [1.82, 2.24) is 16.0 Å². The molecule has 5 heteroatoms. The van der Waals surface area contributed by atoms with Crippen LogP contribution in [0.5, 0.6) is 0 Å². The summed E-state index contributed by atoms with van der Waals surface area (Å²) in [5, 5.41) is 17.3. The Labute approximate surface area is 84.3 Å². The lowest BCUT2D eigenvalue weighted by molar-refractivity contribution is 0.237. The molecule has 0 saturated carbocycles. The second-order valence-electron chi connectivity index (χ2n) is 3.51. The Morgan fingerprint density at radius 2 is 2.36 bits per heavy atom. The number of aliphatic hydroxyl groups excluding tert-OH is 1. The molecule has 1 saturated heterocycles. The van der Waals surface area contributed by atoms with Crippen LogP contribution in [0.25, 0.3) is 0 Å². The van der Waals surface area contributed by atoms with Crippen LogP contribution in [0, 0.1) is 0 Å². The lowest BCUT2D eigenvalue weighted by Crippen LogP contribution is -2.42. The molecule has 0 aliphatic carbocycles. The number of carbonyl (C=O) groups excluding carboxylic acids is 1. The first kappa shape index (κ1) is 11.3. The van der Waals surface area contributed by atoms with Gasteiger partial charge in [-0.2, -0.15) is 0 Å². The van der Waals surface area contributed by atoms with E-state index in [0.717, 1.165) is 13.0 Å². The van der Waals surface area contributed by atoms with Crippen molar-refractivity contribution in [3.05, 3.63) is 0 Å². The first-order valence-corrected chi connectivity index (χ1v) is 5.19. The first-order valence-electron chi connectivity index (χ1n) is 5.19. The number of carbonyl (C=O) groups is 1. The third-order valence-electron chi connectivity index (χ3n) is 2.29. The van der Waals surface area contributed by atoms with Crippen molar-refractivity contribution in [3.63, 3.8) is 0 Å². The van der Waals surface area contributed by atoms with Crippen LogP contribution in [0.4, 0.5) is 4.79 Å². The minimum absolute atomic E-state index is 0.116. The molecular weight excluding hydrogens is 182 g/mol. The van der Waals surface area contributed by atoms with E-state index in [1.165, 1.54) is 6.42 Å². The molecule has 14 heavy (non-hydrogen) atoms. The molecule has 82 valence electrons. The Bertz CT molecular complexity index is 169. The maximum Gasteiger partial charge on any atom is 0.314 e. The Morgan fingerprint density at radius 3 is 3.00 bits per heavy atom. The molecule has 1 aliphatic rings. The lowest BCUT2D eigenvalue weighted by Gasteiger charge is -2.11. The van der Waals surface area contributed by atoms with E-state index in [4.69, 9.17) is 5.11 Å². The Kier molecular flexibility index (Phi) is 5.32. The first-order chi connectivity index (χ1) is 6.83. The zero-order chi connectivity index (χ0) is 10.2. The van der Waals surface area contributed by atoms with E-state index in [2.05, 4.69) is 16.0 Å². The number of urea groups is 1. The van der Waals surface area contributed by atoms with Crippen molar-refractivity contribution in [3.8, 4) is 0 Å². The fourth-order valence-corrected chi connectivity index (χ4v) is 1.49. The highest BCUT2D eigenvalue weighted by molar-refractivity contribution is 5.73. The van der Waals surface area contributed by atoms with Gasteiger partial charge in [0.2, 0.25) is 0 Å². The zero-order valence-electron chi connectivity index (χ0n) is 8.38. The minimum Gasteiger partial charge on any atom is -0.396 e. The zero-order valence-corrected chi connectivity index (χ0v) is 8.38. The van der Waals surface area contributed by atoms with Crippen LogP contribution in [0.1, 0.15) is 19.3 Å². The molecule has 0 aromatic rings. The number of amides is 2. The maximum absolute atomic E-state index is 11.1. The van der Waals surface area contributed by atoms with Crippen LogP contribution in [0.15, 0.2) is 0 Å². The quantitative estimate of drug-likeness (QED) is 0.450. The number of hydrogen-bond donors (Lipinski definition) is 4. The second-order valence-corrected chi connectivity index (χ2v) is 3.51. The van der Waals surface area contributed by atoms with Crippen LogP contribution >= 0.6 is 0 Å². The van der Waals surface area contributed by atoms with E-state index in [1.54, 1.807) is 0 Å². The third kappa shape index (κ3) is 4.43. The van der Waals surface area contributed by atoms with Gasteiger partial charge in [-0.05, 0) is 25.8 Å². The molecule has 1 fully saturated rings. The summed E-state index contributed by atoms with van der Waals surface area (Å²) in [5.41, 5.74) is 0. The van der Waals surface area contributed by atoms with E-state index in [-0.39, 0.29) is 12.6 Å². The summed E-state index contributed by atoms with van der Waals surface area (Å²) in [4.78, 5) is 11.1. The number of nitrogens with one attached hydrogen (secondary N) is 3. The van der Waals surface area contributed by atoms with Gasteiger partial charge in [0.25, 0.3) is 0 Å². The summed E-state index contributed by atoms with van der Waals surface area (Å²) in [7, 11) is 0. The molecule has 5 nitrogen and oxygen atoms in total. The molecule has 4 N–H and O–H groups in total. The summed E-state index contributed by atoms with van der Waals surface area (Å²) in [5.74, 6) is 0. The van der Waals surface area contributed by atoms with Crippen molar-refractivity contribution < 1.29 is 9.90 Å². The summed E-state index contributed by atoms with van der Waals surface area (Å²) in [6, 6.07) is 0.283. The summed E-state index contributed by atoms with van der Waals surface area (Å²) in [6.45, 7) is 2.38. The van der Waals surface area contributed by atoms with Crippen molar-refractivity contribution in [2.24, 2.45) is 0 Å². The Morgan fingerprint density at radius 1 is 1.50 bits per heavy atom. The summed E-state index contributed by atoms with van der Waals surface area (Å²) in [6.07, 6.45) is 2.94. The average Bonchev–Trinajstić information content (AvgIpc) is 2.68. The van der Waals surface area contributed by atoms with E-state index in [9.17, 15) is 4.79 Å². The molecule has 0 spiro atoms. The molecule has 1 rings (SSSR count). The van der Waals surface area contributed by atoms with Gasteiger partial charge in [-0.3, -0.25) is 0 Å². The van der Waals surface area contributed by atoms with Crippen LogP contribution < -0.4 is 16.0 Å². The smallest absolute Gasteiger partial charge is 0.314 e. The van der Waals surface area contributed by atoms with Crippen molar-refractivity contribution in [2.75, 3.05) is 26.2 Å². The SMILES string of the molecule is O=C(NCCCO)NCC1CCCN1. The molecule has 1 atom stereocenters. The fourth-order valence-electron chi connectivity index (χ4n) is 1.49. The molecule has 0 radical (unpaired) electrons. The maximum atomic E-state index is 11.1. The fraction of sp³-hybridized carbons (Fsp3) is 0.889. The Hall–Kier alpha value is -0.810. The predicted octanol–water partition coefficient (Wildman–Crippen LogP) is -0.580. The predicted molar refractivity (Wildman–Crippen MR) is 54.1 cm³/mol. The molecule has 1 heterocycles. The number of hydrogen-bond acceptors (Lipinski definition) is 3. The van der Waals surface area contributed by atoms with Crippen molar-refractivity contribution in [1.29, 1.82) is 0 Å². The second kappa shape index (κ2) is 6.62. The van der Waals surface area contributed by atoms with Crippen LogP contribution in [0.2, 0.25) is 0 Å². The van der Waals surface area contributed by atoms with Gasteiger partial charge in [0.1, 0.15) is 0 Å². The van der Waals surface area contributed by atoms with Gasteiger partial charge in [0, 0.05) is 25.7 Å². The van der Waals surface area contributed by atoms with Crippen molar-refractivity contribution in [2.45, 2.75) is 25.3 Å². The van der Waals surface area contributed by atoms with Gasteiger partial charge in [0.15, 0.2) is 0 Å². The van der Waals surface area contributed by atoms with Crippen LogP contribution in [0.3, 0.4) is 0 Å². The highest BCUT2D eigenvalue weighted by Gasteiger charge is 2.13. The van der Waals surface area contributed by atoms with Gasteiger partial charge in [-0.25, -0.2) is 4.79 Å². The van der Waals surface area contributed by atoms with Crippen LogP contribution in [-0.4, -0.2) is 43.4 Å². The largest absolute Gasteiger partial charge is 0.396 e. The monoisotopic (exact) mass is 201 g/mol. The van der Waals surface area contributed by atoms with E-state index in [1.807, 2.05) is 0 Å². The van der Waals surface area contributed by atoms with E-state index < -0.39 is 0 Å². The summed E-state index contributed by atoms with van der Waals surface area (Å²) < 4.78 is 0. The molecule has 0 aromatic carbocycles. The molecule has 0 bridgehead atoms. The highest BCUT2D eigenvalue weighted by atomic mass is 16.3. The third-order valence-corrected chi connectivity index (χ3v) is 2.29. The van der Waals surface area contributed by atoms with Crippen molar-refractivity contribution >= 4 is 6.03 Å². The highest BCUT2D eigenvalue weighted by Crippen LogP contribution is 2.02. The molecule has 2 amide bonds. The molecule has 0 aromatic heterocycles. The van der Waals surface area contributed by atoms with Gasteiger partial charge in [-0.1, -0.05) is 0 Å². The minimum atomic E-state index is -0.146. The van der Waals surface area contributed by atoms with Gasteiger partial charge >= 0.3 is 6.03 Å². The van der Waals surface area contributed by atoms with E-state index >= 15 is 0 Å². The normalized spacial score (nSPS) is 20.8. The Balaban J connectivity index is 1.96. The number of rotatable bonds is 5. The molecule has 1 unspecified atom stereocenters. The van der Waals surface area contributed by atoms with Crippen LogP contribution in [-0.2, 0) is 0 Å². The standard InChI is InChI=1S/C9H19N3O2/c13-6-2-5-11-9(14)12-7-8-3-1-4-10-8/h8,10,13H,1-7H2,(H2,11,12,14). The summed E-state index contributed by atoms with van der Waals surface area (Å²) >= 11 is 0. The van der Waals surface area contributed by atoms with E-state index in [0.29, 0.717) is 25.6 Å². The lowest BCUT2D eigenvalue weighted by atomic mass is 10.2. The van der Waals surface area contributed by atoms with Gasteiger partial charge < -0.3 is 21.1 Å². The van der Waals surface area contributed by atoms with Gasteiger partial charge in [-0.15, -0.1) is 0 Å². The van der Waals surface area contributed by atoms with Gasteiger partial charge in [0.05, 0.1) is 0 Å². The topological polar surface area (TPSA) is 73.4 Å².